The highest BCUT2D eigenvalue weighted by atomic mass is 32.2. The third-order valence-electron chi connectivity index (χ3n) is 4.98. The van der Waals surface area contributed by atoms with Crippen LogP contribution in [0.1, 0.15) is 6.23 Å². The molecule has 0 saturated carbocycles. The lowest BCUT2D eigenvalue weighted by Gasteiger charge is -2.23. The minimum atomic E-state index is -1.28. The zero-order valence-electron chi connectivity index (χ0n) is 16.7. The number of nitrogens with two attached hydrogens (primary N) is 1. The standard InChI is InChI=1S/C10H13NO6.C8H11N3O3S/c12-3-5-7(14)8(15)9(17-5)4-1-2-6(13)11-10(4)16;9-5-1-2-11(8(13)10-5)6-4-15-7(3-12)14-6/h1-2,4-5,7-9,12,14-15H,3H2,(H,11,13,16);1-2,6-7,12H,3-4H2,(H2,9,10,13)/t4?,5-,7-,8-,9+;6-,7+/m10/s1. The Balaban J connectivity index is 0.000000182. The maximum Gasteiger partial charge on any atom is 0.351 e. The summed E-state index contributed by atoms with van der Waals surface area (Å²) in [5, 5.41) is 39.1. The van der Waals surface area contributed by atoms with Gasteiger partial charge in [0, 0.05) is 18.0 Å². The maximum atomic E-state index is 11.5. The van der Waals surface area contributed by atoms with Gasteiger partial charge in [0.25, 0.3) is 0 Å². The Hall–Kier alpha value is -2.33. The molecule has 13 nitrogen and oxygen atoms in total. The van der Waals surface area contributed by atoms with Gasteiger partial charge in [-0.1, -0.05) is 6.08 Å². The number of aromatic nitrogens is 2. The second kappa shape index (κ2) is 10.5. The van der Waals surface area contributed by atoms with E-state index in [1.807, 2.05) is 0 Å². The van der Waals surface area contributed by atoms with Crippen LogP contribution in [0, 0.1) is 5.92 Å². The fraction of sp³-hybridized carbons (Fsp3) is 0.556. The smallest absolute Gasteiger partial charge is 0.351 e. The molecule has 3 aliphatic rings. The molecule has 1 unspecified atom stereocenters. The molecule has 7 atom stereocenters. The van der Waals surface area contributed by atoms with Gasteiger partial charge in [0.1, 0.15) is 41.9 Å². The number of aliphatic hydroxyl groups excluding tert-OH is 4. The Bertz CT molecular complexity index is 926. The van der Waals surface area contributed by atoms with Crippen molar-refractivity contribution in [1.29, 1.82) is 0 Å². The molecule has 176 valence electrons. The van der Waals surface area contributed by atoms with Crippen molar-refractivity contribution >= 4 is 29.4 Å². The summed E-state index contributed by atoms with van der Waals surface area (Å²) in [4.78, 5) is 37.5. The van der Waals surface area contributed by atoms with E-state index < -0.39 is 54.4 Å². The number of carbonyl (C=O) groups is 2. The second-order valence-electron chi connectivity index (χ2n) is 7.12. The largest absolute Gasteiger partial charge is 0.394 e. The molecule has 0 radical (unpaired) electrons. The first-order valence-electron chi connectivity index (χ1n) is 9.63. The van der Waals surface area contributed by atoms with Crippen LogP contribution in [0.2, 0.25) is 0 Å². The van der Waals surface area contributed by atoms with E-state index in [4.69, 9.17) is 25.4 Å². The lowest BCUT2D eigenvalue weighted by Crippen LogP contribution is -2.46. The molecule has 3 aliphatic heterocycles. The molecular weight excluding hydrogens is 448 g/mol. The Morgan fingerprint density at radius 2 is 1.94 bits per heavy atom. The summed E-state index contributed by atoms with van der Waals surface area (Å²) < 4.78 is 12.0. The molecule has 2 saturated heterocycles. The number of nitrogens with one attached hydrogen (secondary N) is 1. The SMILES string of the molecule is Nc1ccn([C@@H]2CS[C@H](CO)O2)c(=O)n1.O=C1C=CC([C@@H]2O[C@H](CO)[C@@H](O)[C@H]2O)C(=O)N1. The number of carbonyl (C=O) groups excluding carboxylic acids is 2. The second-order valence-corrected chi connectivity index (χ2v) is 8.31. The minimum Gasteiger partial charge on any atom is -0.394 e. The Kier molecular flexibility index (Phi) is 8.00. The fourth-order valence-corrected chi connectivity index (χ4v) is 4.27. The molecule has 2 fully saturated rings. The first-order valence-corrected chi connectivity index (χ1v) is 10.7. The minimum absolute atomic E-state index is 0.0572. The summed E-state index contributed by atoms with van der Waals surface area (Å²) in [5.41, 5.74) is 4.67. The van der Waals surface area contributed by atoms with Crippen LogP contribution in [-0.2, 0) is 19.1 Å². The van der Waals surface area contributed by atoms with Crippen molar-refractivity contribution in [3.63, 3.8) is 0 Å². The molecule has 0 aliphatic carbocycles. The van der Waals surface area contributed by atoms with Crippen LogP contribution in [0.15, 0.2) is 29.2 Å². The number of thioether (sulfide) groups is 1. The van der Waals surface area contributed by atoms with Gasteiger partial charge in [-0.2, -0.15) is 4.98 Å². The number of hydrogen-bond donors (Lipinski definition) is 6. The van der Waals surface area contributed by atoms with Crippen LogP contribution < -0.4 is 16.7 Å². The summed E-state index contributed by atoms with van der Waals surface area (Å²) in [5.74, 6) is -1.16. The number of imide groups is 1. The molecule has 4 rings (SSSR count). The lowest BCUT2D eigenvalue weighted by atomic mass is 9.93. The molecule has 1 aromatic heterocycles. The monoisotopic (exact) mass is 472 g/mol. The number of ether oxygens (including phenoxy) is 2. The number of rotatable bonds is 4. The summed E-state index contributed by atoms with van der Waals surface area (Å²) in [6, 6.07) is 1.54. The number of amides is 2. The number of nitrogen functional groups attached to an aromatic ring is 1. The number of aliphatic hydroxyl groups is 4. The van der Waals surface area contributed by atoms with E-state index in [2.05, 4.69) is 10.3 Å². The third kappa shape index (κ3) is 5.35. The zero-order valence-corrected chi connectivity index (χ0v) is 17.5. The molecule has 32 heavy (non-hydrogen) atoms. The summed E-state index contributed by atoms with van der Waals surface area (Å²) in [6.45, 7) is -0.510. The Morgan fingerprint density at radius 3 is 2.50 bits per heavy atom. The first-order chi connectivity index (χ1) is 15.2. The molecule has 0 bridgehead atoms. The molecule has 7 N–H and O–H groups in total. The van der Waals surface area contributed by atoms with E-state index in [1.165, 1.54) is 28.5 Å². The quantitative estimate of drug-likeness (QED) is 0.238. The van der Waals surface area contributed by atoms with Crippen LogP contribution in [0.5, 0.6) is 0 Å². The average molecular weight is 472 g/mol. The van der Waals surface area contributed by atoms with Gasteiger partial charge in [-0.3, -0.25) is 19.5 Å². The van der Waals surface area contributed by atoms with E-state index in [1.54, 1.807) is 12.3 Å². The normalized spacial score (nSPS) is 34.2. The molecule has 4 heterocycles. The van der Waals surface area contributed by atoms with E-state index in [-0.39, 0.29) is 24.1 Å². The predicted octanol–water partition coefficient (Wildman–Crippen LogP) is -3.30. The van der Waals surface area contributed by atoms with Crippen LogP contribution in [0.25, 0.3) is 0 Å². The van der Waals surface area contributed by atoms with Crippen LogP contribution in [0.4, 0.5) is 5.82 Å². The van der Waals surface area contributed by atoms with Crippen LogP contribution >= 0.6 is 11.8 Å². The molecular formula is C18H24N4O9S. The predicted molar refractivity (Wildman–Crippen MR) is 110 cm³/mol. The highest BCUT2D eigenvalue weighted by Crippen LogP contribution is 2.30. The molecule has 2 amide bonds. The Labute approximate surface area is 185 Å². The van der Waals surface area contributed by atoms with Crippen molar-refractivity contribution in [1.82, 2.24) is 14.9 Å². The van der Waals surface area contributed by atoms with Gasteiger partial charge in [-0.15, -0.1) is 11.8 Å². The maximum absolute atomic E-state index is 11.5. The molecule has 14 heteroatoms. The molecule has 0 spiro atoms. The summed E-state index contributed by atoms with van der Waals surface area (Å²) in [7, 11) is 0. The van der Waals surface area contributed by atoms with Crippen LogP contribution in [-0.4, -0.2) is 90.6 Å². The number of nitrogens with zero attached hydrogens (tertiary/aromatic N) is 2. The van der Waals surface area contributed by atoms with Gasteiger partial charge in [0.15, 0.2) is 0 Å². The third-order valence-corrected chi connectivity index (χ3v) is 6.09. The zero-order chi connectivity index (χ0) is 23.4. The number of hydrogen-bond acceptors (Lipinski definition) is 12. The van der Waals surface area contributed by atoms with Gasteiger partial charge < -0.3 is 35.6 Å². The van der Waals surface area contributed by atoms with Gasteiger partial charge >= 0.3 is 5.69 Å². The highest BCUT2D eigenvalue weighted by molar-refractivity contribution is 8.00. The van der Waals surface area contributed by atoms with E-state index in [0.717, 1.165) is 0 Å². The van der Waals surface area contributed by atoms with E-state index in [0.29, 0.717) is 5.75 Å². The van der Waals surface area contributed by atoms with E-state index >= 15 is 0 Å². The molecule has 1 aromatic rings. The molecule has 0 aromatic carbocycles. The van der Waals surface area contributed by atoms with Crippen molar-refractivity contribution < 1.29 is 39.5 Å². The Morgan fingerprint density at radius 1 is 1.19 bits per heavy atom. The lowest BCUT2D eigenvalue weighted by molar-refractivity contribution is -0.135. The van der Waals surface area contributed by atoms with Gasteiger partial charge in [-0.25, -0.2) is 4.79 Å². The summed E-state index contributed by atoms with van der Waals surface area (Å²) in [6.07, 6.45) is -0.740. The van der Waals surface area contributed by atoms with Gasteiger partial charge in [0.2, 0.25) is 11.8 Å². The van der Waals surface area contributed by atoms with Gasteiger partial charge in [0.05, 0.1) is 19.1 Å². The topological polar surface area (TPSA) is 206 Å². The highest BCUT2D eigenvalue weighted by Gasteiger charge is 2.48. The van der Waals surface area contributed by atoms with Crippen molar-refractivity contribution in [3.05, 3.63) is 34.9 Å². The summed E-state index contributed by atoms with van der Waals surface area (Å²) >= 11 is 1.47. The van der Waals surface area contributed by atoms with Crippen molar-refractivity contribution in [2.24, 2.45) is 5.92 Å². The van der Waals surface area contributed by atoms with Crippen molar-refractivity contribution in [3.8, 4) is 0 Å². The fourth-order valence-electron chi connectivity index (χ4n) is 3.34. The average Bonchev–Trinajstić information content (AvgIpc) is 3.34. The van der Waals surface area contributed by atoms with E-state index in [9.17, 15) is 24.6 Å². The van der Waals surface area contributed by atoms with Crippen molar-refractivity contribution in [2.75, 3.05) is 24.7 Å². The first kappa shape index (κ1) is 24.3. The van der Waals surface area contributed by atoms with Crippen LogP contribution in [0.3, 0.4) is 0 Å². The van der Waals surface area contributed by atoms with Gasteiger partial charge in [-0.05, 0) is 6.07 Å². The van der Waals surface area contributed by atoms with Crippen molar-refractivity contribution in [2.45, 2.75) is 36.1 Å². The number of anilines is 1.